The number of hydrogen-bond acceptors (Lipinski definition) is 3. The van der Waals surface area contributed by atoms with E-state index in [0.717, 1.165) is 36.1 Å². The van der Waals surface area contributed by atoms with Crippen molar-refractivity contribution in [1.29, 1.82) is 0 Å². The molecule has 2 rings (SSSR count). The lowest BCUT2D eigenvalue weighted by Crippen LogP contribution is -2.32. The lowest BCUT2D eigenvalue weighted by Gasteiger charge is -2.15. The number of carbonyl (C=O) groups is 2. The van der Waals surface area contributed by atoms with Crippen molar-refractivity contribution < 1.29 is 9.59 Å². The zero-order valence-corrected chi connectivity index (χ0v) is 13.1. The maximum absolute atomic E-state index is 11.8. The highest BCUT2D eigenvalue weighted by Crippen LogP contribution is 2.13. The molecule has 0 atom stereocenters. The number of nitrogens with zero attached hydrogens (tertiary/aromatic N) is 3. The molecular weight excluding hydrogens is 324 g/mol. The molecule has 1 saturated heterocycles. The van der Waals surface area contributed by atoms with Crippen LogP contribution in [0.5, 0.6) is 0 Å². The molecule has 1 aliphatic heterocycles. The highest BCUT2D eigenvalue weighted by molar-refractivity contribution is 9.10. The molecule has 110 valence electrons. The first kappa shape index (κ1) is 15.0. The topological polar surface area (TPSA) is 67.2 Å². The van der Waals surface area contributed by atoms with E-state index in [1.54, 1.807) is 10.9 Å². The number of amides is 2. The molecule has 0 saturated carbocycles. The van der Waals surface area contributed by atoms with E-state index in [0.29, 0.717) is 13.0 Å². The molecule has 0 radical (unpaired) electrons. The molecule has 0 bridgehead atoms. The van der Waals surface area contributed by atoms with Gasteiger partial charge in [0.25, 0.3) is 0 Å². The van der Waals surface area contributed by atoms with Crippen LogP contribution in [0.15, 0.2) is 10.7 Å². The highest BCUT2D eigenvalue weighted by Gasteiger charge is 2.19. The molecule has 1 fully saturated rings. The maximum atomic E-state index is 11.8. The third-order valence-electron chi connectivity index (χ3n) is 3.44. The van der Waals surface area contributed by atoms with Gasteiger partial charge in [-0.2, -0.15) is 5.10 Å². The number of aromatic nitrogens is 2. The quantitative estimate of drug-likeness (QED) is 0.786. The molecule has 2 amide bonds. The van der Waals surface area contributed by atoms with Gasteiger partial charge in [-0.25, -0.2) is 0 Å². The Hall–Kier alpha value is -1.37. The van der Waals surface area contributed by atoms with Crippen LogP contribution in [0.1, 0.15) is 25.0 Å². The van der Waals surface area contributed by atoms with Crippen molar-refractivity contribution >= 4 is 27.7 Å². The number of nitrogens with one attached hydrogen (secondary N) is 1. The summed E-state index contributed by atoms with van der Waals surface area (Å²) in [5.74, 6) is 0.171. The van der Waals surface area contributed by atoms with E-state index < -0.39 is 0 Å². The van der Waals surface area contributed by atoms with Crippen molar-refractivity contribution in [3.05, 3.63) is 16.4 Å². The largest absolute Gasteiger partial charge is 0.354 e. The van der Waals surface area contributed by atoms with Crippen molar-refractivity contribution in [2.24, 2.45) is 0 Å². The van der Waals surface area contributed by atoms with Crippen molar-refractivity contribution in [3.63, 3.8) is 0 Å². The summed E-state index contributed by atoms with van der Waals surface area (Å²) in [4.78, 5) is 25.0. The van der Waals surface area contributed by atoms with Crippen molar-refractivity contribution in [2.45, 2.75) is 32.7 Å². The molecule has 7 heteroatoms. The Labute approximate surface area is 126 Å². The summed E-state index contributed by atoms with van der Waals surface area (Å²) in [6.07, 6.45) is 4.10. The molecule has 1 aromatic rings. The van der Waals surface area contributed by atoms with Crippen LogP contribution in [-0.4, -0.2) is 46.1 Å². The van der Waals surface area contributed by atoms with Gasteiger partial charge in [0.1, 0.15) is 6.54 Å². The van der Waals surface area contributed by atoms with Gasteiger partial charge in [-0.05, 0) is 35.7 Å². The van der Waals surface area contributed by atoms with Gasteiger partial charge in [0.05, 0.1) is 16.4 Å². The Morgan fingerprint density at radius 3 is 2.95 bits per heavy atom. The van der Waals surface area contributed by atoms with Crippen LogP contribution in [0.2, 0.25) is 0 Å². The van der Waals surface area contributed by atoms with Gasteiger partial charge in [-0.3, -0.25) is 14.3 Å². The zero-order valence-electron chi connectivity index (χ0n) is 11.6. The molecule has 0 unspecified atom stereocenters. The van der Waals surface area contributed by atoms with E-state index >= 15 is 0 Å². The number of halogens is 1. The summed E-state index contributed by atoms with van der Waals surface area (Å²) >= 11 is 3.36. The van der Waals surface area contributed by atoms with Crippen LogP contribution >= 0.6 is 15.9 Å². The first-order chi connectivity index (χ1) is 9.58. The lowest BCUT2D eigenvalue weighted by molar-refractivity contribution is -0.127. The molecule has 0 aromatic carbocycles. The minimum atomic E-state index is -0.0588. The number of hydrogen-bond donors (Lipinski definition) is 1. The molecular formula is C13H19BrN4O2. The van der Waals surface area contributed by atoms with Gasteiger partial charge in [-0.1, -0.05) is 0 Å². The Morgan fingerprint density at radius 2 is 2.35 bits per heavy atom. The van der Waals surface area contributed by atoms with E-state index in [2.05, 4.69) is 26.3 Å². The second kappa shape index (κ2) is 6.88. The lowest BCUT2D eigenvalue weighted by atomic mass is 10.3. The highest BCUT2D eigenvalue weighted by atomic mass is 79.9. The van der Waals surface area contributed by atoms with Crippen LogP contribution in [0.4, 0.5) is 0 Å². The Balaban J connectivity index is 1.65. The van der Waals surface area contributed by atoms with Crippen LogP contribution in [0, 0.1) is 6.92 Å². The molecule has 20 heavy (non-hydrogen) atoms. The van der Waals surface area contributed by atoms with Gasteiger partial charge in [-0.15, -0.1) is 0 Å². The summed E-state index contributed by atoms with van der Waals surface area (Å²) in [6.45, 7) is 4.30. The van der Waals surface area contributed by atoms with Crippen LogP contribution in [0.25, 0.3) is 0 Å². The van der Waals surface area contributed by atoms with E-state index in [-0.39, 0.29) is 18.4 Å². The average Bonchev–Trinajstić information content (AvgIpc) is 2.96. The monoisotopic (exact) mass is 342 g/mol. The summed E-state index contributed by atoms with van der Waals surface area (Å²) in [6, 6.07) is 0. The standard InChI is InChI=1S/C13H19BrN4O2/c1-10-11(14)8-16-18(10)9-12(19)15-5-3-7-17-6-2-4-13(17)20/h8H,2-7,9H2,1H3,(H,15,19). The van der Waals surface area contributed by atoms with E-state index in [9.17, 15) is 9.59 Å². The van der Waals surface area contributed by atoms with E-state index in [1.165, 1.54) is 0 Å². The predicted octanol–water partition coefficient (Wildman–Crippen LogP) is 1.08. The fourth-order valence-electron chi connectivity index (χ4n) is 2.21. The average molecular weight is 343 g/mol. The third kappa shape index (κ3) is 3.82. The second-order valence-electron chi connectivity index (χ2n) is 4.92. The summed E-state index contributed by atoms with van der Waals surface area (Å²) in [7, 11) is 0. The Bertz CT molecular complexity index is 501. The van der Waals surface area contributed by atoms with Gasteiger partial charge in [0, 0.05) is 26.1 Å². The van der Waals surface area contributed by atoms with Gasteiger partial charge < -0.3 is 10.2 Å². The number of likely N-dealkylation sites (tertiary alicyclic amines) is 1. The first-order valence-corrected chi connectivity index (χ1v) is 7.59. The summed E-state index contributed by atoms with van der Waals surface area (Å²) in [5.41, 5.74) is 0.933. The van der Waals surface area contributed by atoms with Crippen LogP contribution < -0.4 is 5.32 Å². The molecule has 1 N–H and O–H groups in total. The Kier molecular flexibility index (Phi) is 5.17. The van der Waals surface area contributed by atoms with Crippen molar-refractivity contribution in [3.8, 4) is 0 Å². The SMILES string of the molecule is Cc1c(Br)cnn1CC(=O)NCCCN1CCCC1=O. The second-order valence-corrected chi connectivity index (χ2v) is 5.78. The van der Waals surface area contributed by atoms with E-state index in [1.807, 2.05) is 11.8 Å². The summed E-state index contributed by atoms with van der Waals surface area (Å²) in [5, 5.41) is 6.97. The minimum Gasteiger partial charge on any atom is -0.354 e. The minimum absolute atomic E-state index is 0.0588. The molecule has 0 spiro atoms. The summed E-state index contributed by atoms with van der Waals surface area (Å²) < 4.78 is 2.56. The number of rotatable bonds is 6. The molecule has 2 heterocycles. The van der Waals surface area contributed by atoms with E-state index in [4.69, 9.17) is 0 Å². The number of carbonyl (C=O) groups excluding carboxylic acids is 2. The molecule has 1 aromatic heterocycles. The van der Waals surface area contributed by atoms with Crippen LogP contribution in [0.3, 0.4) is 0 Å². The van der Waals surface area contributed by atoms with Crippen molar-refractivity contribution in [1.82, 2.24) is 20.0 Å². The van der Waals surface area contributed by atoms with Crippen molar-refractivity contribution in [2.75, 3.05) is 19.6 Å². The van der Waals surface area contributed by atoms with Gasteiger partial charge in [0.15, 0.2) is 0 Å². The Morgan fingerprint density at radius 1 is 1.55 bits per heavy atom. The fourth-order valence-corrected chi connectivity index (χ4v) is 2.51. The molecule has 6 nitrogen and oxygen atoms in total. The third-order valence-corrected chi connectivity index (χ3v) is 4.21. The molecule has 0 aliphatic carbocycles. The first-order valence-electron chi connectivity index (χ1n) is 6.80. The predicted molar refractivity (Wildman–Crippen MR) is 78.1 cm³/mol. The smallest absolute Gasteiger partial charge is 0.241 e. The van der Waals surface area contributed by atoms with Gasteiger partial charge in [0.2, 0.25) is 11.8 Å². The zero-order chi connectivity index (χ0) is 14.5. The van der Waals surface area contributed by atoms with Crippen LogP contribution in [-0.2, 0) is 16.1 Å². The maximum Gasteiger partial charge on any atom is 0.241 e. The molecule has 1 aliphatic rings. The van der Waals surface area contributed by atoms with Gasteiger partial charge >= 0.3 is 0 Å². The normalized spacial score (nSPS) is 14.9. The fraction of sp³-hybridized carbons (Fsp3) is 0.615.